The minimum atomic E-state index is -0.177. The number of anilines is 1. The molecule has 12 heteroatoms. The van der Waals surface area contributed by atoms with E-state index in [1.165, 1.54) is 0 Å². The number of rotatable bonds is 5. The number of morpholine rings is 1. The van der Waals surface area contributed by atoms with Crippen LogP contribution >= 0.6 is 0 Å². The van der Waals surface area contributed by atoms with Crippen molar-refractivity contribution in [2.45, 2.75) is 45.2 Å². The molecule has 1 atom stereocenters. The van der Waals surface area contributed by atoms with Gasteiger partial charge in [-0.15, -0.1) is 0 Å². The first kappa shape index (κ1) is 28.1. The second-order valence-corrected chi connectivity index (χ2v) is 11.4. The van der Waals surface area contributed by atoms with Gasteiger partial charge in [-0.3, -0.25) is 19.6 Å². The van der Waals surface area contributed by atoms with Crippen LogP contribution in [-0.4, -0.2) is 99.8 Å². The molecule has 2 aromatic heterocycles. The predicted molar refractivity (Wildman–Crippen MR) is 159 cm³/mol. The summed E-state index contributed by atoms with van der Waals surface area (Å²) < 4.78 is 7.12. The Labute approximate surface area is 244 Å². The number of carbonyl (C=O) groups excluding carboxylic acids is 2. The molecule has 0 saturated carbocycles. The zero-order valence-corrected chi connectivity index (χ0v) is 24.2. The van der Waals surface area contributed by atoms with Crippen molar-refractivity contribution in [2.75, 3.05) is 57.8 Å². The zero-order valence-electron chi connectivity index (χ0n) is 24.2. The molecule has 1 unspecified atom stereocenters. The Kier molecular flexibility index (Phi) is 8.07. The number of carbonyl (C=O) groups is 2. The van der Waals surface area contributed by atoms with Crippen LogP contribution in [0.3, 0.4) is 0 Å². The summed E-state index contributed by atoms with van der Waals surface area (Å²) in [6.07, 6.45) is 3.97. The summed E-state index contributed by atoms with van der Waals surface area (Å²) in [5.41, 5.74) is 5.93. The highest BCUT2D eigenvalue weighted by Crippen LogP contribution is 2.29. The molecule has 222 valence electrons. The normalized spacial score (nSPS) is 20.2. The van der Waals surface area contributed by atoms with Gasteiger partial charge < -0.3 is 19.9 Å². The van der Waals surface area contributed by atoms with Gasteiger partial charge in [0.2, 0.25) is 11.9 Å². The van der Waals surface area contributed by atoms with E-state index in [1.807, 2.05) is 47.2 Å². The SMILES string of the molecule is CC(=O)N1CCC(n2c(=O)c(-c3ccccc3C)cc3cnc(NC4CCN(C(=O)NN5CCOCC5)CC4)nc32)C1. The molecule has 42 heavy (non-hydrogen) atoms. The molecule has 1 aromatic carbocycles. The molecule has 3 aromatic rings. The summed E-state index contributed by atoms with van der Waals surface area (Å²) in [5.74, 6) is 0.462. The van der Waals surface area contributed by atoms with Gasteiger partial charge in [0.15, 0.2) is 0 Å². The Balaban J connectivity index is 1.23. The highest BCUT2D eigenvalue weighted by Gasteiger charge is 2.30. The smallest absolute Gasteiger partial charge is 0.331 e. The van der Waals surface area contributed by atoms with Crippen LogP contribution in [0, 0.1) is 6.92 Å². The van der Waals surface area contributed by atoms with E-state index in [4.69, 9.17) is 9.72 Å². The number of likely N-dealkylation sites (tertiary alicyclic amines) is 2. The molecule has 0 spiro atoms. The molecule has 3 fully saturated rings. The maximum Gasteiger partial charge on any atom is 0.331 e. The molecule has 2 N–H and O–H groups in total. The average molecular weight is 575 g/mol. The monoisotopic (exact) mass is 574 g/mol. The van der Waals surface area contributed by atoms with Crippen molar-refractivity contribution >= 4 is 28.9 Å². The first-order valence-corrected chi connectivity index (χ1v) is 14.8. The Bertz CT molecular complexity index is 1530. The van der Waals surface area contributed by atoms with E-state index in [0.29, 0.717) is 76.1 Å². The Morgan fingerprint density at radius 3 is 2.43 bits per heavy atom. The number of amides is 3. The maximum atomic E-state index is 14.1. The summed E-state index contributed by atoms with van der Waals surface area (Å²) in [7, 11) is 0. The lowest BCUT2D eigenvalue weighted by atomic mass is 10.0. The largest absolute Gasteiger partial charge is 0.379 e. The van der Waals surface area contributed by atoms with Crippen LogP contribution in [0.2, 0.25) is 0 Å². The number of nitrogens with one attached hydrogen (secondary N) is 2. The van der Waals surface area contributed by atoms with Crippen molar-refractivity contribution in [3.8, 4) is 11.1 Å². The number of benzene rings is 1. The van der Waals surface area contributed by atoms with Gasteiger partial charge in [0.05, 0.1) is 19.3 Å². The Morgan fingerprint density at radius 2 is 1.71 bits per heavy atom. The molecule has 3 aliphatic heterocycles. The summed E-state index contributed by atoms with van der Waals surface area (Å²) in [4.78, 5) is 52.0. The van der Waals surface area contributed by atoms with Crippen molar-refractivity contribution in [1.82, 2.24) is 34.8 Å². The standard InChI is InChI=1S/C30H38N8O4/c1-20-5-3-4-6-25(20)26-17-22-18-31-29(33-27(22)38(28(26)40)24-9-12-36(19-24)21(2)39)32-23-7-10-35(11-8-23)30(41)34-37-13-15-42-16-14-37/h3-6,17-18,23-24H,7-16,19H2,1-2H3,(H,34,41)(H,31,32,33). The molecule has 0 radical (unpaired) electrons. The van der Waals surface area contributed by atoms with Crippen LogP contribution in [0.1, 0.15) is 37.8 Å². The van der Waals surface area contributed by atoms with Gasteiger partial charge in [-0.05, 0) is 43.4 Å². The number of urea groups is 1. The van der Waals surface area contributed by atoms with E-state index in [2.05, 4.69) is 15.7 Å². The number of hydrogen-bond acceptors (Lipinski definition) is 8. The Morgan fingerprint density at radius 1 is 0.976 bits per heavy atom. The fourth-order valence-corrected chi connectivity index (χ4v) is 6.13. The van der Waals surface area contributed by atoms with Gasteiger partial charge in [-0.2, -0.15) is 4.98 Å². The lowest BCUT2D eigenvalue weighted by molar-refractivity contribution is -0.127. The lowest BCUT2D eigenvalue weighted by Gasteiger charge is -2.35. The highest BCUT2D eigenvalue weighted by molar-refractivity contribution is 5.82. The third-order valence-corrected chi connectivity index (χ3v) is 8.56. The van der Waals surface area contributed by atoms with Crippen LogP contribution < -0.4 is 16.3 Å². The van der Waals surface area contributed by atoms with E-state index >= 15 is 0 Å². The van der Waals surface area contributed by atoms with Crippen LogP contribution in [0.15, 0.2) is 41.3 Å². The maximum absolute atomic E-state index is 14.1. The molecule has 3 aliphatic rings. The Hall–Kier alpha value is -4.03. The van der Waals surface area contributed by atoms with Gasteiger partial charge >= 0.3 is 6.03 Å². The molecule has 0 bridgehead atoms. The van der Waals surface area contributed by atoms with Crippen molar-refractivity contribution in [1.29, 1.82) is 0 Å². The van der Waals surface area contributed by atoms with Crippen LogP contribution in [0.4, 0.5) is 10.7 Å². The number of hydrogen-bond donors (Lipinski definition) is 2. The molecule has 6 rings (SSSR count). The predicted octanol–water partition coefficient (Wildman–Crippen LogP) is 2.39. The number of aromatic nitrogens is 3. The third-order valence-electron chi connectivity index (χ3n) is 8.56. The summed E-state index contributed by atoms with van der Waals surface area (Å²) in [5, 5.41) is 6.12. The van der Waals surface area contributed by atoms with Gasteiger partial charge in [0.1, 0.15) is 5.65 Å². The fraction of sp³-hybridized carbons (Fsp3) is 0.500. The van der Waals surface area contributed by atoms with E-state index in [-0.39, 0.29) is 29.6 Å². The zero-order chi connectivity index (χ0) is 29.2. The van der Waals surface area contributed by atoms with E-state index in [1.54, 1.807) is 22.6 Å². The van der Waals surface area contributed by atoms with Crippen molar-refractivity contribution < 1.29 is 14.3 Å². The van der Waals surface area contributed by atoms with Gasteiger partial charge in [0.25, 0.3) is 5.56 Å². The first-order valence-electron chi connectivity index (χ1n) is 14.8. The number of fused-ring (bicyclic) bond motifs is 1. The second kappa shape index (κ2) is 12.1. The number of hydrazine groups is 1. The van der Waals surface area contributed by atoms with Gasteiger partial charge in [-0.25, -0.2) is 14.8 Å². The lowest BCUT2D eigenvalue weighted by Crippen LogP contribution is -2.54. The van der Waals surface area contributed by atoms with Crippen LogP contribution in [-0.2, 0) is 9.53 Å². The summed E-state index contributed by atoms with van der Waals surface area (Å²) in [6.45, 7) is 8.50. The number of pyridine rings is 1. The van der Waals surface area contributed by atoms with Crippen molar-refractivity contribution in [2.24, 2.45) is 0 Å². The van der Waals surface area contributed by atoms with E-state index in [9.17, 15) is 14.4 Å². The molecule has 3 saturated heterocycles. The number of ether oxygens (including phenoxy) is 1. The van der Waals surface area contributed by atoms with Gasteiger partial charge in [0, 0.05) is 69.4 Å². The topological polar surface area (TPSA) is 125 Å². The minimum absolute atomic E-state index is 0.00636. The molecule has 12 nitrogen and oxygen atoms in total. The fourth-order valence-electron chi connectivity index (χ4n) is 6.13. The number of nitrogens with zero attached hydrogens (tertiary/aromatic N) is 6. The quantitative estimate of drug-likeness (QED) is 0.476. The molecule has 3 amide bonds. The summed E-state index contributed by atoms with van der Waals surface area (Å²) >= 11 is 0. The van der Waals surface area contributed by atoms with Crippen LogP contribution in [0.5, 0.6) is 0 Å². The molecular formula is C30H38N8O4. The second-order valence-electron chi connectivity index (χ2n) is 11.4. The van der Waals surface area contributed by atoms with E-state index in [0.717, 1.165) is 29.4 Å². The first-order chi connectivity index (χ1) is 20.4. The molecular weight excluding hydrogens is 536 g/mol. The van der Waals surface area contributed by atoms with Crippen LogP contribution in [0.25, 0.3) is 22.2 Å². The summed E-state index contributed by atoms with van der Waals surface area (Å²) in [6, 6.07) is 9.57. The highest BCUT2D eigenvalue weighted by atomic mass is 16.5. The minimum Gasteiger partial charge on any atom is -0.379 e. The third kappa shape index (κ3) is 5.82. The molecule has 0 aliphatic carbocycles. The molecule has 5 heterocycles. The van der Waals surface area contributed by atoms with Crippen molar-refractivity contribution in [3.63, 3.8) is 0 Å². The van der Waals surface area contributed by atoms with E-state index < -0.39 is 0 Å². The van der Waals surface area contributed by atoms with Crippen molar-refractivity contribution in [3.05, 3.63) is 52.4 Å². The number of aryl methyl sites for hydroxylation is 1. The average Bonchev–Trinajstić information content (AvgIpc) is 3.48. The van der Waals surface area contributed by atoms with Gasteiger partial charge in [-0.1, -0.05) is 24.3 Å². The number of piperidine rings is 1.